The van der Waals surface area contributed by atoms with E-state index in [1.165, 1.54) is 18.9 Å². The zero-order valence-corrected chi connectivity index (χ0v) is 20.6. The molecule has 0 saturated heterocycles. The largest absolute Gasteiger partial charge is 0.497 e. The van der Waals surface area contributed by atoms with Crippen LogP contribution in [0, 0.1) is 0 Å². The van der Waals surface area contributed by atoms with Crippen LogP contribution >= 0.6 is 35.0 Å². The number of nitrogens with zero attached hydrogens (tertiary/aromatic N) is 3. The lowest BCUT2D eigenvalue weighted by Crippen LogP contribution is -2.15. The second-order valence-electron chi connectivity index (χ2n) is 7.03. The van der Waals surface area contributed by atoms with Crippen LogP contribution in [0.2, 0.25) is 10.0 Å². The summed E-state index contributed by atoms with van der Waals surface area (Å²) in [5.74, 6) is 1.63. The van der Waals surface area contributed by atoms with Gasteiger partial charge < -0.3 is 14.8 Å². The molecular weight excluding hydrogens is 495 g/mol. The third-order valence-electron chi connectivity index (χ3n) is 4.82. The van der Waals surface area contributed by atoms with E-state index in [1.807, 2.05) is 34.9 Å². The minimum absolute atomic E-state index is 0.108. The quantitative estimate of drug-likeness (QED) is 0.291. The highest BCUT2D eigenvalue weighted by molar-refractivity contribution is 7.99. The zero-order chi connectivity index (χ0) is 24.1. The molecule has 3 aromatic carbocycles. The Labute approximate surface area is 211 Å². The third kappa shape index (κ3) is 5.47. The number of anilines is 1. The number of rotatable bonds is 8. The number of hydrogen-bond acceptors (Lipinski definition) is 6. The molecule has 0 aliphatic heterocycles. The molecule has 174 valence electrons. The molecule has 0 bridgehead atoms. The van der Waals surface area contributed by atoms with E-state index in [4.69, 9.17) is 32.7 Å². The maximum absolute atomic E-state index is 12.7. The lowest BCUT2D eigenvalue weighted by Gasteiger charge is -2.12. The Morgan fingerprint density at radius 3 is 2.47 bits per heavy atom. The molecule has 10 heteroatoms. The van der Waals surface area contributed by atoms with Crippen LogP contribution in [0.4, 0.5) is 5.69 Å². The maximum atomic E-state index is 12.7. The summed E-state index contributed by atoms with van der Waals surface area (Å²) in [7, 11) is 3.10. The molecular formula is C24H20Cl2N4O3S. The van der Waals surface area contributed by atoms with Crippen molar-refractivity contribution in [1.29, 1.82) is 0 Å². The Morgan fingerprint density at radius 1 is 0.971 bits per heavy atom. The Bertz CT molecular complexity index is 1310. The van der Waals surface area contributed by atoms with Gasteiger partial charge in [0.2, 0.25) is 5.91 Å². The highest BCUT2D eigenvalue weighted by Gasteiger charge is 2.18. The van der Waals surface area contributed by atoms with Gasteiger partial charge in [-0.15, -0.1) is 10.2 Å². The Hall–Kier alpha value is -3.20. The van der Waals surface area contributed by atoms with E-state index in [-0.39, 0.29) is 11.7 Å². The monoisotopic (exact) mass is 514 g/mol. The van der Waals surface area contributed by atoms with Gasteiger partial charge in [0.25, 0.3) is 0 Å². The number of thioether (sulfide) groups is 1. The second-order valence-corrected chi connectivity index (χ2v) is 8.85. The van der Waals surface area contributed by atoms with Crippen molar-refractivity contribution in [3.05, 3.63) is 76.8 Å². The first-order valence-corrected chi connectivity index (χ1v) is 11.8. The molecule has 7 nitrogen and oxygen atoms in total. The maximum Gasteiger partial charge on any atom is 0.234 e. The summed E-state index contributed by atoms with van der Waals surface area (Å²) in [5, 5.41) is 13.3. The molecule has 0 fully saturated rings. The number of aromatic nitrogens is 3. The van der Waals surface area contributed by atoms with Crippen molar-refractivity contribution in [3.63, 3.8) is 0 Å². The molecule has 1 heterocycles. The number of amides is 1. The molecule has 4 rings (SSSR count). The molecule has 0 spiro atoms. The Morgan fingerprint density at radius 2 is 1.76 bits per heavy atom. The van der Waals surface area contributed by atoms with Crippen LogP contribution in [-0.4, -0.2) is 40.6 Å². The molecule has 0 unspecified atom stereocenters. The number of carbonyl (C=O) groups is 1. The summed E-state index contributed by atoms with van der Waals surface area (Å²) in [6.45, 7) is 0. The molecule has 34 heavy (non-hydrogen) atoms. The minimum Gasteiger partial charge on any atom is -0.497 e. The minimum atomic E-state index is -0.219. The molecule has 1 aromatic heterocycles. The van der Waals surface area contributed by atoms with E-state index in [0.29, 0.717) is 38.2 Å². The van der Waals surface area contributed by atoms with Crippen LogP contribution < -0.4 is 14.8 Å². The normalized spacial score (nSPS) is 10.7. The molecule has 4 aromatic rings. The van der Waals surface area contributed by atoms with Crippen LogP contribution in [0.15, 0.2) is 71.9 Å². The standard InChI is InChI=1S/C24H20Cl2N4O3S/c1-32-19-10-11-20(21(13-19)33-2)27-22(31)14-34-24-29-28-23(15-4-3-5-17(26)12-15)30(24)18-8-6-16(25)7-9-18/h3-13H,14H2,1-2H3,(H,27,31). The van der Waals surface area contributed by atoms with Crippen molar-refractivity contribution in [2.45, 2.75) is 5.16 Å². The van der Waals surface area contributed by atoms with Crippen LogP contribution in [0.3, 0.4) is 0 Å². The van der Waals surface area contributed by atoms with Gasteiger partial charge in [-0.3, -0.25) is 9.36 Å². The predicted octanol–water partition coefficient (Wildman–Crippen LogP) is 5.99. The fraction of sp³-hybridized carbons (Fsp3) is 0.125. The van der Waals surface area contributed by atoms with Gasteiger partial charge in [0.05, 0.1) is 25.7 Å². The molecule has 0 atom stereocenters. The van der Waals surface area contributed by atoms with E-state index < -0.39 is 0 Å². The molecule has 0 radical (unpaired) electrons. The van der Waals surface area contributed by atoms with Crippen molar-refractivity contribution in [2.75, 3.05) is 25.3 Å². The van der Waals surface area contributed by atoms with E-state index in [9.17, 15) is 4.79 Å². The third-order valence-corrected chi connectivity index (χ3v) is 6.23. The molecule has 0 aliphatic rings. The molecule has 0 aliphatic carbocycles. The number of halogens is 2. The summed E-state index contributed by atoms with van der Waals surface area (Å²) in [6, 6.07) is 19.9. The van der Waals surface area contributed by atoms with Crippen molar-refractivity contribution in [2.24, 2.45) is 0 Å². The summed E-state index contributed by atoms with van der Waals surface area (Å²) in [6.07, 6.45) is 0. The Balaban J connectivity index is 1.58. The van der Waals surface area contributed by atoms with Crippen LogP contribution in [0.5, 0.6) is 11.5 Å². The van der Waals surface area contributed by atoms with Crippen molar-refractivity contribution >= 4 is 46.6 Å². The average molecular weight is 515 g/mol. The number of hydrogen-bond donors (Lipinski definition) is 1. The van der Waals surface area contributed by atoms with Crippen LogP contribution in [0.25, 0.3) is 17.1 Å². The SMILES string of the molecule is COc1ccc(NC(=O)CSc2nnc(-c3cccc(Cl)c3)n2-c2ccc(Cl)cc2)c(OC)c1. The number of methoxy groups -OCH3 is 2. The average Bonchev–Trinajstić information content (AvgIpc) is 3.27. The topological polar surface area (TPSA) is 78.3 Å². The summed E-state index contributed by atoms with van der Waals surface area (Å²) < 4.78 is 12.4. The smallest absolute Gasteiger partial charge is 0.234 e. The highest BCUT2D eigenvalue weighted by Crippen LogP contribution is 2.31. The number of benzene rings is 3. The molecule has 1 N–H and O–H groups in total. The summed E-state index contributed by atoms with van der Waals surface area (Å²) in [5.41, 5.74) is 2.16. The van der Waals surface area contributed by atoms with Gasteiger partial charge in [-0.25, -0.2) is 0 Å². The lowest BCUT2D eigenvalue weighted by molar-refractivity contribution is -0.113. The first-order valence-electron chi connectivity index (χ1n) is 10.1. The number of ether oxygens (including phenoxy) is 2. The van der Waals surface area contributed by atoms with Gasteiger partial charge in [0.15, 0.2) is 11.0 Å². The first-order chi connectivity index (χ1) is 16.5. The van der Waals surface area contributed by atoms with Gasteiger partial charge in [0, 0.05) is 27.4 Å². The fourth-order valence-electron chi connectivity index (χ4n) is 3.22. The van der Waals surface area contributed by atoms with E-state index in [2.05, 4.69) is 15.5 Å². The van der Waals surface area contributed by atoms with Crippen molar-refractivity contribution in [3.8, 4) is 28.6 Å². The summed E-state index contributed by atoms with van der Waals surface area (Å²) >= 11 is 13.5. The Kier molecular flexibility index (Phi) is 7.62. The fourth-order valence-corrected chi connectivity index (χ4v) is 4.29. The highest BCUT2D eigenvalue weighted by atomic mass is 35.5. The van der Waals surface area contributed by atoms with Gasteiger partial charge in [-0.05, 0) is 48.5 Å². The van der Waals surface area contributed by atoms with E-state index in [0.717, 1.165) is 11.3 Å². The second kappa shape index (κ2) is 10.8. The van der Waals surface area contributed by atoms with Crippen molar-refractivity contribution < 1.29 is 14.3 Å². The van der Waals surface area contributed by atoms with Gasteiger partial charge in [-0.2, -0.15) is 0 Å². The van der Waals surface area contributed by atoms with Gasteiger partial charge in [-0.1, -0.05) is 47.1 Å². The predicted molar refractivity (Wildman–Crippen MR) is 136 cm³/mol. The van der Waals surface area contributed by atoms with Crippen LogP contribution in [0.1, 0.15) is 0 Å². The number of nitrogens with one attached hydrogen (secondary N) is 1. The van der Waals surface area contributed by atoms with Crippen molar-refractivity contribution in [1.82, 2.24) is 14.8 Å². The van der Waals surface area contributed by atoms with Crippen LogP contribution in [-0.2, 0) is 4.79 Å². The lowest BCUT2D eigenvalue weighted by atomic mass is 10.2. The number of carbonyl (C=O) groups excluding carboxylic acids is 1. The van der Waals surface area contributed by atoms with E-state index >= 15 is 0 Å². The first kappa shape index (κ1) is 23.9. The molecule has 0 saturated carbocycles. The van der Waals surface area contributed by atoms with E-state index in [1.54, 1.807) is 43.5 Å². The summed E-state index contributed by atoms with van der Waals surface area (Å²) in [4.78, 5) is 12.7. The van der Waals surface area contributed by atoms with Gasteiger partial charge >= 0.3 is 0 Å². The van der Waals surface area contributed by atoms with Gasteiger partial charge in [0.1, 0.15) is 11.5 Å². The molecule has 1 amide bonds. The zero-order valence-electron chi connectivity index (χ0n) is 18.3.